The van der Waals surface area contributed by atoms with Crippen molar-refractivity contribution in [2.45, 2.75) is 13.8 Å². The molecule has 2 aromatic heterocycles. The van der Waals surface area contributed by atoms with Gasteiger partial charge in [-0.25, -0.2) is 0 Å². The smallest absolute Gasteiger partial charge is 0.0540 e. The van der Waals surface area contributed by atoms with Crippen molar-refractivity contribution < 1.29 is 0 Å². The first kappa shape index (κ1) is 51.3. The van der Waals surface area contributed by atoms with E-state index in [-0.39, 0.29) is 0 Å². The van der Waals surface area contributed by atoms with Gasteiger partial charge in [0.2, 0.25) is 0 Å². The van der Waals surface area contributed by atoms with Gasteiger partial charge in [0.15, 0.2) is 0 Å². The van der Waals surface area contributed by atoms with Crippen LogP contribution in [0.3, 0.4) is 0 Å². The Morgan fingerprint density at radius 1 is 0.233 bits per heavy atom. The SMILES string of the molecule is Cc1cc(-c2ccc(N(c3ccc(-c4cccc5c4sc4ccccc45)cc3)c3ccccc3-c3cccc4ccccc34)c(C)c2)ccc1N(c1ccc(-c2cccc3c2sc2ccccc23)cc1)c1ccccc1-c1cccc2ccccc12. The maximum Gasteiger partial charge on any atom is 0.0540 e. The van der Waals surface area contributed by atoms with Crippen molar-refractivity contribution in [2.75, 3.05) is 9.80 Å². The van der Waals surface area contributed by atoms with Crippen LogP contribution in [0.15, 0.2) is 303 Å². The highest BCUT2D eigenvalue weighted by atomic mass is 32.1. The van der Waals surface area contributed by atoms with Crippen molar-refractivity contribution in [3.8, 4) is 55.6 Å². The number of para-hydroxylation sites is 2. The molecule has 0 aliphatic heterocycles. The van der Waals surface area contributed by atoms with E-state index in [0.29, 0.717) is 0 Å². The van der Waals surface area contributed by atoms with Gasteiger partial charge in [0.25, 0.3) is 0 Å². The first-order valence-corrected chi connectivity index (χ1v) is 31.1. The van der Waals surface area contributed by atoms with E-state index < -0.39 is 0 Å². The molecule has 0 saturated heterocycles. The molecule has 0 N–H and O–H groups in total. The summed E-state index contributed by atoms with van der Waals surface area (Å²) in [5.74, 6) is 0. The monoisotopic (exact) mass is 1130 g/mol. The maximum absolute atomic E-state index is 2.47. The molecule has 0 saturated carbocycles. The number of hydrogen-bond donors (Lipinski definition) is 0. The summed E-state index contributed by atoms with van der Waals surface area (Å²) in [6.07, 6.45) is 0. The van der Waals surface area contributed by atoms with Gasteiger partial charge in [-0.2, -0.15) is 0 Å². The molecule has 0 radical (unpaired) electrons. The lowest BCUT2D eigenvalue weighted by Gasteiger charge is -2.30. The molecule has 16 aromatic rings. The molecular weight excluding hydrogens is 1080 g/mol. The molecule has 2 heterocycles. The normalized spacial score (nSPS) is 11.6. The van der Waals surface area contributed by atoms with Crippen molar-refractivity contribution >= 4 is 119 Å². The predicted molar refractivity (Wildman–Crippen MR) is 373 cm³/mol. The molecule has 0 amide bonds. The third-order valence-corrected chi connectivity index (χ3v) is 19.8. The Morgan fingerprint density at radius 3 is 1.00 bits per heavy atom. The highest BCUT2D eigenvalue weighted by molar-refractivity contribution is 7.26. The van der Waals surface area contributed by atoms with Crippen LogP contribution in [0.1, 0.15) is 11.1 Å². The van der Waals surface area contributed by atoms with Gasteiger partial charge in [0, 0.05) is 74.2 Å². The molecule has 14 aromatic carbocycles. The van der Waals surface area contributed by atoms with Crippen LogP contribution >= 0.6 is 22.7 Å². The molecule has 0 aliphatic rings. The van der Waals surface area contributed by atoms with Crippen molar-refractivity contribution in [2.24, 2.45) is 0 Å². The van der Waals surface area contributed by atoms with Crippen LogP contribution in [0.25, 0.3) is 118 Å². The van der Waals surface area contributed by atoms with Crippen LogP contribution < -0.4 is 9.80 Å². The van der Waals surface area contributed by atoms with Crippen LogP contribution in [-0.2, 0) is 0 Å². The van der Waals surface area contributed by atoms with Crippen molar-refractivity contribution in [3.63, 3.8) is 0 Å². The number of anilines is 6. The lowest BCUT2D eigenvalue weighted by Crippen LogP contribution is -2.13. The number of fused-ring (bicyclic) bond motifs is 8. The topological polar surface area (TPSA) is 6.48 Å². The Morgan fingerprint density at radius 2 is 0.558 bits per heavy atom. The fourth-order valence-corrected chi connectivity index (χ4v) is 15.7. The van der Waals surface area contributed by atoms with Gasteiger partial charge in [0.1, 0.15) is 0 Å². The third-order valence-electron chi connectivity index (χ3n) is 17.3. The van der Waals surface area contributed by atoms with Crippen molar-refractivity contribution in [1.29, 1.82) is 0 Å². The minimum absolute atomic E-state index is 1.09. The Kier molecular flexibility index (Phi) is 12.7. The maximum atomic E-state index is 2.47. The second-order valence-electron chi connectivity index (χ2n) is 22.4. The molecule has 406 valence electrons. The molecule has 0 fully saturated rings. The van der Waals surface area contributed by atoms with Crippen LogP contribution in [-0.4, -0.2) is 0 Å². The molecular formula is C82H56N2S2. The average molecular weight is 1130 g/mol. The summed E-state index contributed by atoms with van der Waals surface area (Å²) in [6, 6.07) is 112. The highest BCUT2D eigenvalue weighted by Crippen LogP contribution is 2.49. The van der Waals surface area contributed by atoms with Gasteiger partial charge >= 0.3 is 0 Å². The Bertz CT molecular complexity index is 4940. The zero-order valence-electron chi connectivity index (χ0n) is 47.6. The zero-order chi connectivity index (χ0) is 57.2. The minimum Gasteiger partial charge on any atom is -0.310 e. The molecule has 2 nitrogen and oxygen atoms in total. The first-order valence-electron chi connectivity index (χ1n) is 29.5. The minimum atomic E-state index is 1.09. The van der Waals surface area contributed by atoms with Gasteiger partial charge in [-0.3, -0.25) is 0 Å². The standard InChI is InChI=1S/C82H56N2S2/c1-53-51-59(43-49-75(53)83(77-35-11-7-25-69(77)67-31-15-21-55-19-3-5-23-63(55)67)61-45-39-57(40-46-61)65-29-17-33-73-71-27-9-13-37-79(71)85-81(65)73)60-44-50-76(54(2)52-60)84(78-36-12-8-26-70(78)68-32-16-22-56-20-4-6-24-64(56)68)62-47-41-58(42-48-62)66-30-18-34-74-72-28-10-14-38-80(72)86-82(66)74/h3-52H,1-2H3. The Labute approximate surface area is 509 Å². The van der Waals surface area contributed by atoms with Crippen molar-refractivity contribution in [3.05, 3.63) is 314 Å². The summed E-state index contributed by atoms with van der Waals surface area (Å²) < 4.78 is 5.26. The molecule has 16 rings (SSSR count). The number of nitrogens with zero attached hydrogens (tertiary/aromatic N) is 2. The van der Waals surface area contributed by atoms with Crippen molar-refractivity contribution in [1.82, 2.24) is 0 Å². The van der Waals surface area contributed by atoms with E-state index in [1.54, 1.807) is 0 Å². The van der Waals surface area contributed by atoms with E-state index >= 15 is 0 Å². The van der Waals surface area contributed by atoms with E-state index in [9.17, 15) is 0 Å². The second-order valence-corrected chi connectivity index (χ2v) is 24.5. The fraction of sp³-hybridized carbons (Fsp3) is 0.0244. The van der Waals surface area contributed by atoms with Crippen LogP contribution in [0.5, 0.6) is 0 Å². The van der Waals surface area contributed by atoms with Crippen LogP contribution in [0.2, 0.25) is 0 Å². The Hall–Kier alpha value is -10.4. The van der Waals surface area contributed by atoms with Gasteiger partial charge < -0.3 is 9.80 Å². The average Bonchev–Trinajstić information content (AvgIpc) is 2.01. The highest BCUT2D eigenvalue weighted by Gasteiger charge is 2.24. The fourth-order valence-electron chi connectivity index (χ4n) is 13.2. The van der Waals surface area contributed by atoms with Crippen LogP contribution in [0, 0.1) is 13.8 Å². The van der Waals surface area contributed by atoms with Gasteiger partial charge in [-0.1, -0.05) is 231 Å². The summed E-state index contributed by atoms with van der Waals surface area (Å²) >= 11 is 3.75. The molecule has 4 heteroatoms. The molecule has 0 aliphatic carbocycles. The van der Waals surface area contributed by atoms with Gasteiger partial charge in [-0.15, -0.1) is 22.7 Å². The first-order chi connectivity index (χ1) is 42.5. The lowest BCUT2D eigenvalue weighted by molar-refractivity contribution is 1.24. The lowest BCUT2D eigenvalue weighted by atomic mass is 9.94. The number of thiophene rings is 2. The number of aryl methyl sites for hydroxylation is 2. The second kappa shape index (κ2) is 21.4. The van der Waals surface area contributed by atoms with E-state index in [2.05, 4.69) is 327 Å². The molecule has 0 spiro atoms. The largest absolute Gasteiger partial charge is 0.310 e. The summed E-state index contributed by atoms with van der Waals surface area (Å²) in [5.41, 5.74) is 21.0. The van der Waals surface area contributed by atoms with Gasteiger partial charge in [-0.05, 0) is 164 Å². The van der Waals surface area contributed by atoms with Crippen LogP contribution in [0.4, 0.5) is 34.1 Å². The third kappa shape index (κ3) is 8.84. The number of hydrogen-bond acceptors (Lipinski definition) is 4. The summed E-state index contributed by atoms with van der Waals surface area (Å²) in [5, 5.41) is 10.1. The summed E-state index contributed by atoms with van der Waals surface area (Å²) in [4.78, 5) is 4.93. The van der Waals surface area contributed by atoms with E-state index in [0.717, 1.165) is 45.3 Å². The van der Waals surface area contributed by atoms with E-state index in [1.807, 2.05) is 22.7 Å². The number of benzene rings is 14. The predicted octanol–water partition coefficient (Wildman–Crippen LogP) is 24.6. The van der Waals surface area contributed by atoms with Gasteiger partial charge in [0.05, 0.1) is 11.4 Å². The molecule has 0 unspecified atom stereocenters. The summed E-state index contributed by atoms with van der Waals surface area (Å²) in [7, 11) is 0. The Balaban J connectivity index is 0.803. The summed E-state index contributed by atoms with van der Waals surface area (Å²) in [6.45, 7) is 4.53. The molecule has 0 bridgehead atoms. The zero-order valence-corrected chi connectivity index (χ0v) is 49.2. The molecule has 0 atom stereocenters. The van der Waals surface area contributed by atoms with E-state index in [4.69, 9.17) is 0 Å². The van der Waals surface area contributed by atoms with E-state index in [1.165, 1.54) is 118 Å². The number of rotatable bonds is 11. The molecule has 86 heavy (non-hydrogen) atoms. The quantitative estimate of drug-likeness (QED) is 0.127.